The van der Waals surface area contributed by atoms with Crippen molar-refractivity contribution in [2.75, 3.05) is 13.7 Å². The molecule has 35 heavy (non-hydrogen) atoms. The summed E-state index contributed by atoms with van der Waals surface area (Å²) in [6.45, 7) is 3.05. The molecule has 1 unspecified atom stereocenters. The molecule has 0 amide bonds. The molecule has 0 aromatic heterocycles. The van der Waals surface area contributed by atoms with E-state index in [1.54, 1.807) is 7.11 Å². The third-order valence-corrected chi connectivity index (χ3v) is 6.63. The van der Waals surface area contributed by atoms with E-state index in [1.807, 2.05) is 79.7 Å². The molecule has 0 radical (unpaired) electrons. The topological polar surface area (TPSA) is 54.0 Å². The highest BCUT2D eigenvalue weighted by molar-refractivity contribution is 6.31. The molecule has 1 aliphatic rings. The van der Waals surface area contributed by atoms with Crippen molar-refractivity contribution in [1.29, 1.82) is 0 Å². The third kappa shape index (κ3) is 6.30. The maximum Gasteiger partial charge on any atom is 0.197 e. The van der Waals surface area contributed by atoms with Crippen LogP contribution < -0.4 is 4.74 Å². The van der Waals surface area contributed by atoms with Gasteiger partial charge in [0.25, 0.3) is 0 Å². The Balaban J connectivity index is 1.56. The summed E-state index contributed by atoms with van der Waals surface area (Å²) in [6, 6.07) is 23.7. The van der Waals surface area contributed by atoms with Crippen molar-refractivity contribution in [3.8, 4) is 5.75 Å². The lowest BCUT2D eigenvalue weighted by Gasteiger charge is -2.42. The third-order valence-electron chi connectivity index (χ3n) is 6.26. The largest absolute Gasteiger partial charge is 0.494 e. The van der Waals surface area contributed by atoms with Gasteiger partial charge in [0.2, 0.25) is 0 Å². The fraction of sp³-hybridized carbons (Fsp3) is 0.345. The highest BCUT2D eigenvalue weighted by Gasteiger charge is 2.44. The molecule has 4 rings (SSSR count). The number of ether oxygens (including phenoxy) is 4. The molecule has 3 aromatic carbocycles. The van der Waals surface area contributed by atoms with Gasteiger partial charge in [-0.15, -0.1) is 0 Å². The number of halogens is 1. The van der Waals surface area contributed by atoms with Gasteiger partial charge in [-0.25, -0.2) is 0 Å². The predicted molar refractivity (Wildman–Crippen MR) is 136 cm³/mol. The molecule has 184 valence electrons. The van der Waals surface area contributed by atoms with Gasteiger partial charge in [0.15, 0.2) is 5.79 Å². The minimum atomic E-state index is -1.11. The standard InChI is InChI=1S/C29H31ClO5/c1-3-33-25-12-9-21(10-13-25)15-23-16-24(11-14-28(23)30)29(32-2)18-26(17-27(19-31)35-29)34-20-22-7-5-4-6-8-22/h4-14,16,19,26-27H,3,15,17-18,20H2,1-2H3/t26?,27-,29+/m0/s1. The number of carbonyl (C=O) groups is 1. The average molecular weight is 495 g/mol. The predicted octanol–water partition coefficient (Wildman–Crippen LogP) is 6.09. The molecular formula is C29H31ClO5. The van der Waals surface area contributed by atoms with Crippen molar-refractivity contribution in [3.05, 3.63) is 100 Å². The van der Waals surface area contributed by atoms with Crippen LogP contribution in [0.4, 0.5) is 0 Å². The van der Waals surface area contributed by atoms with Gasteiger partial charge in [-0.05, 0) is 54.3 Å². The normalized spacial score (nSPS) is 22.0. The molecule has 0 saturated carbocycles. The van der Waals surface area contributed by atoms with E-state index in [2.05, 4.69) is 0 Å². The Bertz CT molecular complexity index is 1100. The molecule has 3 atom stereocenters. The van der Waals surface area contributed by atoms with Gasteiger partial charge in [-0.3, -0.25) is 0 Å². The van der Waals surface area contributed by atoms with E-state index >= 15 is 0 Å². The first-order chi connectivity index (χ1) is 17.0. The van der Waals surface area contributed by atoms with E-state index in [1.165, 1.54) is 0 Å². The van der Waals surface area contributed by atoms with Crippen LogP contribution in [-0.2, 0) is 37.8 Å². The number of benzene rings is 3. The first kappa shape index (κ1) is 25.4. The van der Waals surface area contributed by atoms with Crippen LogP contribution in [0.3, 0.4) is 0 Å². The molecule has 0 bridgehead atoms. The highest BCUT2D eigenvalue weighted by Crippen LogP contribution is 2.41. The Morgan fingerprint density at radius 2 is 1.83 bits per heavy atom. The van der Waals surface area contributed by atoms with Crippen LogP contribution in [0.2, 0.25) is 5.02 Å². The summed E-state index contributed by atoms with van der Waals surface area (Å²) in [5, 5.41) is 0.661. The molecule has 3 aromatic rings. The summed E-state index contributed by atoms with van der Waals surface area (Å²) in [6.07, 6.45) is 1.57. The van der Waals surface area contributed by atoms with E-state index in [9.17, 15) is 4.79 Å². The van der Waals surface area contributed by atoms with Crippen molar-refractivity contribution in [3.63, 3.8) is 0 Å². The van der Waals surface area contributed by atoms with Gasteiger partial charge in [0, 0.05) is 30.5 Å². The average Bonchev–Trinajstić information content (AvgIpc) is 2.90. The number of carbonyl (C=O) groups excluding carboxylic acids is 1. The molecule has 0 aliphatic carbocycles. The van der Waals surface area contributed by atoms with Gasteiger partial charge >= 0.3 is 0 Å². The lowest BCUT2D eigenvalue weighted by molar-refractivity contribution is -0.291. The lowest BCUT2D eigenvalue weighted by Crippen LogP contribution is -2.46. The van der Waals surface area contributed by atoms with Gasteiger partial charge in [0.05, 0.1) is 19.3 Å². The SMILES string of the molecule is CCOc1ccc(Cc2cc([C@@]3(OC)CC(OCc4ccccc4)C[C@@H](C=O)O3)ccc2Cl)cc1. The van der Waals surface area contributed by atoms with E-state index in [-0.39, 0.29) is 6.10 Å². The summed E-state index contributed by atoms with van der Waals surface area (Å²) < 4.78 is 23.9. The fourth-order valence-corrected chi connectivity index (χ4v) is 4.64. The van der Waals surface area contributed by atoms with Crippen LogP contribution in [0.5, 0.6) is 5.75 Å². The number of aldehydes is 1. The van der Waals surface area contributed by atoms with Crippen LogP contribution in [0.15, 0.2) is 72.8 Å². The molecule has 1 saturated heterocycles. The smallest absolute Gasteiger partial charge is 0.197 e. The van der Waals surface area contributed by atoms with Crippen molar-refractivity contribution in [1.82, 2.24) is 0 Å². The van der Waals surface area contributed by atoms with E-state index in [0.29, 0.717) is 37.5 Å². The molecule has 0 spiro atoms. The van der Waals surface area contributed by atoms with Crippen molar-refractivity contribution >= 4 is 17.9 Å². The Kier molecular flexibility index (Phi) is 8.58. The van der Waals surface area contributed by atoms with Crippen molar-refractivity contribution < 1.29 is 23.7 Å². The highest BCUT2D eigenvalue weighted by atomic mass is 35.5. The zero-order valence-corrected chi connectivity index (χ0v) is 20.9. The summed E-state index contributed by atoms with van der Waals surface area (Å²) in [7, 11) is 1.60. The summed E-state index contributed by atoms with van der Waals surface area (Å²) in [5.74, 6) is -0.268. The summed E-state index contributed by atoms with van der Waals surface area (Å²) in [5.41, 5.74) is 3.95. The van der Waals surface area contributed by atoms with Crippen LogP contribution in [0.25, 0.3) is 0 Å². The lowest BCUT2D eigenvalue weighted by atomic mass is 9.90. The van der Waals surface area contributed by atoms with Crippen LogP contribution >= 0.6 is 11.6 Å². The van der Waals surface area contributed by atoms with Crippen LogP contribution in [0, 0.1) is 0 Å². The second-order valence-corrected chi connectivity index (χ2v) is 9.07. The zero-order chi connectivity index (χ0) is 24.7. The minimum absolute atomic E-state index is 0.204. The molecule has 6 heteroatoms. The van der Waals surface area contributed by atoms with Crippen molar-refractivity contribution in [2.24, 2.45) is 0 Å². The van der Waals surface area contributed by atoms with Gasteiger partial charge in [0.1, 0.15) is 18.1 Å². The maximum atomic E-state index is 11.8. The second kappa shape index (κ2) is 11.8. The van der Waals surface area contributed by atoms with Crippen LogP contribution in [-0.4, -0.2) is 32.2 Å². The first-order valence-corrected chi connectivity index (χ1v) is 12.3. The van der Waals surface area contributed by atoms with E-state index < -0.39 is 11.9 Å². The molecular weight excluding hydrogens is 464 g/mol. The van der Waals surface area contributed by atoms with Gasteiger partial charge in [-0.1, -0.05) is 60.1 Å². The van der Waals surface area contributed by atoms with Gasteiger partial charge in [-0.2, -0.15) is 0 Å². The molecule has 1 heterocycles. The van der Waals surface area contributed by atoms with E-state index in [0.717, 1.165) is 34.3 Å². The zero-order valence-electron chi connectivity index (χ0n) is 20.1. The Morgan fingerprint density at radius 3 is 2.51 bits per heavy atom. The maximum absolute atomic E-state index is 11.8. The second-order valence-electron chi connectivity index (χ2n) is 8.67. The summed E-state index contributed by atoms with van der Waals surface area (Å²) in [4.78, 5) is 11.8. The van der Waals surface area contributed by atoms with E-state index in [4.69, 9.17) is 30.5 Å². The molecule has 1 aliphatic heterocycles. The molecule has 5 nitrogen and oxygen atoms in total. The summed E-state index contributed by atoms with van der Waals surface area (Å²) >= 11 is 6.57. The van der Waals surface area contributed by atoms with Crippen LogP contribution in [0.1, 0.15) is 42.0 Å². The Hall–Kier alpha value is -2.70. The van der Waals surface area contributed by atoms with Crippen molar-refractivity contribution in [2.45, 2.75) is 50.8 Å². The number of methoxy groups -OCH3 is 1. The molecule has 1 fully saturated rings. The first-order valence-electron chi connectivity index (χ1n) is 11.9. The number of hydrogen-bond acceptors (Lipinski definition) is 5. The number of rotatable bonds is 10. The minimum Gasteiger partial charge on any atom is -0.494 e. The Labute approximate surface area is 211 Å². The van der Waals surface area contributed by atoms with Gasteiger partial charge < -0.3 is 23.7 Å². The fourth-order valence-electron chi connectivity index (χ4n) is 4.45. The Morgan fingerprint density at radius 1 is 1.06 bits per heavy atom. The number of hydrogen-bond donors (Lipinski definition) is 0. The quantitative estimate of drug-likeness (QED) is 0.319. The monoisotopic (exact) mass is 494 g/mol. The molecule has 0 N–H and O–H groups in total.